The molecule has 0 aliphatic carbocycles. The highest BCUT2D eigenvalue weighted by atomic mass is 16.5. The minimum atomic E-state index is -0.967. The summed E-state index contributed by atoms with van der Waals surface area (Å²) in [5.74, 6) is -1.30. The Balaban J connectivity index is 0. The summed E-state index contributed by atoms with van der Waals surface area (Å²) in [6, 6.07) is 0. The van der Waals surface area contributed by atoms with Gasteiger partial charge in [-0.25, -0.2) is 0 Å². The molecule has 0 radical (unpaired) electrons. The predicted molar refractivity (Wildman–Crippen MR) is 126 cm³/mol. The molecule has 0 aromatic rings. The summed E-state index contributed by atoms with van der Waals surface area (Å²) < 4.78 is 4.63. The number of amides is 2. The summed E-state index contributed by atoms with van der Waals surface area (Å²) >= 11 is 0. The van der Waals surface area contributed by atoms with Crippen LogP contribution in [0.5, 0.6) is 0 Å². The number of likely N-dealkylation sites (N-methyl/N-ethyl adjacent to an activating group) is 3. The molecule has 2 fully saturated rings. The topological polar surface area (TPSA) is 293 Å². The van der Waals surface area contributed by atoms with Crippen molar-refractivity contribution in [2.75, 3.05) is 53.9 Å². The lowest BCUT2D eigenvalue weighted by Crippen LogP contribution is -2.47. The first-order chi connectivity index (χ1) is 16.1. The zero-order chi connectivity index (χ0) is 27.7. The Morgan fingerprint density at radius 2 is 1.57 bits per heavy atom. The molecule has 13 N–H and O–H groups in total. The Labute approximate surface area is 202 Å². The van der Waals surface area contributed by atoms with E-state index in [4.69, 9.17) is 38.5 Å². The molecule has 200 valence electrons. The van der Waals surface area contributed by atoms with Crippen molar-refractivity contribution in [2.45, 2.75) is 13.2 Å². The van der Waals surface area contributed by atoms with Gasteiger partial charge in [-0.15, -0.1) is 0 Å². The van der Waals surface area contributed by atoms with Crippen molar-refractivity contribution in [1.82, 2.24) is 30.7 Å². The number of rotatable bonds is 6. The van der Waals surface area contributed by atoms with E-state index in [0.717, 1.165) is 0 Å². The van der Waals surface area contributed by atoms with E-state index < -0.39 is 12.3 Å². The van der Waals surface area contributed by atoms with Crippen molar-refractivity contribution < 1.29 is 29.0 Å². The monoisotopic (exact) mass is 504 g/mol. The highest BCUT2D eigenvalue weighted by Gasteiger charge is 2.19. The maximum Gasteiger partial charge on any atom is 0.325 e. The first kappa shape index (κ1) is 33.1. The Bertz CT molecular complexity index is 741. The van der Waals surface area contributed by atoms with E-state index in [1.807, 2.05) is 0 Å². The van der Waals surface area contributed by atoms with Gasteiger partial charge in [0.1, 0.15) is 12.8 Å². The molecule has 2 heterocycles. The fraction of sp³-hybridized carbons (Fsp3) is 0.588. The number of carboxylic acid groups (broad SMARTS) is 1. The Morgan fingerprint density at radius 1 is 1.14 bits per heavy atom. The lowest BCUT2D eigenvalue weighted by molar-refractivity contribution is -0.143. The molecule has 18 heteroatoms. The normalized spacial score (nSPS) is 13.9. The number of hydrogen-bond donors (Lipinski definition) is 10. The maximum absolute atomic E-state index is 10.7. The fourth-order valence-electron chi connectivity index (χ4n) is 1.81. The number of esters is 1. The average molecular weight is 505 g/mol. The third kappa shape index (κ3) is 18.1. The highest BCUT2D eigenvalue weighted by Crippen LogP contribution is 1.89. The summed E-state index contributed by atoms with van der Waals surface area (Å²) in [5, 5.41) is 35.8. The molecule has 2 aliphatic heterocycles. The molecule has 35 heavy (non-hydrogen) atoms. The van der Waals surface area contributed by atoms with Crippen molar-refractivity contribution in [2.24, 2.45) is 17.2 Å². The van der Waals surface area contributed by atoms with E-state index in [-0.39, 0.29) is 48.8 Å². The van der Waals surface area contributed by atoms with Gasteiger partial charge in [-0.05, 0) is 6.92 Å². The second-order valence-electron chi connectivity index (χ2n) is 6.85. The molecule has 2 saturated heterocycles. The van der Waals surface area contributed by atoms with Crippen LogP contribution in [-0.4, -0.2) is 122 Å². The molecule has 0 aromatic heterocycles. The van der Waals surface area contributed by atoms with E-state index in [9.17, 15) is 19.2 Å². The largest absolute Gasteiger partial charge is 0.480 e. The van der Waals surface area contributed by atoms with Crippen molar-refractivity contribution in [1.29, 1.82) is 16.2 Å². The van der Waals surface area contributed by atoms with Crippen molar-refractivity contribution in [3.8, 4) is 0 Å². The number of aliphatic carboxylic acids is 1. The van der Waals surface area contributed by atoms with Gasteiger partial charge in [-0.2, -0.15) is 0 Å². The number of guanidine groups is 3. The molecule has 2 rings (SSSR count). The summed E-state index contributed by atoms with van der Waals surface area (Å²) in [7, 11) is 4.94. The van der Waals surface area contributed by atoms with Gasteiger partial charge in [-0.1, -0.05) is 0 Å². The van der Waals surface area contributed by atoms with Crippen LogP contribution in [-0.2, 0) is 23.9 Å². The van der Waals surface area contributed by atoms with Crippen molar-refractivity contribution in [3.63, 3.8) is 0 Å². The Kier molecular flexibility index (Phi) is 16.5. The second-order valence-corrected chi connectivity index (χ2v) is 6.85. The van der Waals surface area contributed by atoms with E-state index in [0.29, 0.717) is 19.7 Å². The third-order valence-corrected chi connectivity index (χ3v) is 3.61. The highest BCUT2D eigenvalue weighted by molar-refractivity contribution is 6.03. The van der Waals surface area contributed by atoms with Gasteiger partial charge in [0.2, 0.25) is 11.8 Å². The lowest BCUT2D eigenvalue weighted by Gasteiger charge is -2.14. The Hall–Kier alpha value is -4.03. The minimum Gasteiger partial charge on any atom is -0.480 e. The predicted octanol–water partition coefficient (Wildman–Crippen LogP) is -4.80. The number of hydrogen-bond acceptors (Lipinski definition) is 11. The zero-order valence-corrected chi connectivity index (χ0v) is 20.2. The molecular weight excluding hydrogens is 468 g/mol. The van der Waals surface area contributed by atoms with E-state index >= 15 is 0 Å². The summed E-state index contributed by atoms with van der Waals surface area (Å²) in [5.41, 5.74) is 15.0. The quantitative estimate of drug-likeness (QED) is 0.0703. The maximum atomic E-state index is 10.7. The van der Waals surface area contributed by atoms with Crippen molar-refractivity contribution >= 4 is 41.6 Å². The number of nitrogens with one attached hydrogen (secondary N) is 6. The van der Waals surface area contributed by atoms with Gasteiger partial charge >= 0.3 is 11.9 Å². The van der Waals surface area contributed by atoms with Crippen LogP contribution in [0, 0.1) is 16.2 Å². The number of carboxylic acids is 1. The average Bonchev–Trinajstić information content (AvgIpc) is 3.18. The van der Waals surface area contributed by atoms with E-state index in [1.165, 1.54) is 4.90 Å². The van der Waals surface area contributed by atoms with Gasteiger partial charge in [0.05, 0.1) is 26.2 Å². The fourth-order valence-corrected chi connectivity index (χ4v) is 1.81. The van der Waals surface area contributed by atoms with E-state index in [1.54, 1.807) is 37.9 Å². The SMILES string of the molecule is CCOC(=O)CN(C)C(=N)N.CN1CC(=O)NC1=N.CN1CC(=O)NC1=N.NC(N)NCC(=O)O. The molecule has 0 aromatic carbocycles. The van der Waals surface area contributed by atoms with Crippen LogP contribution in [0.1, 0.15) is 6.92 Å². The molecule has 0 bridgehead atoms. The van der Waals surface area contributed by atoms with Crippen molar-refractivity contribution in [3.05, 3.63) is 0 Å². The van der Waals surface area contributed by atoms with Gasteiger partial charge in [0.25, 0.3) is 0 Å². The molecule has 2 aliphatic rings. The van der Waals surface area contributed by atoms with E-state index in [2.05, 4.69) is 20.7 Å². The lowest BCUT2D eigenvalue weighted by atomic mass is 10.6. The molecule has 18 nitrogen and oxygen atoms in total. The smallest absolute Gasteiger partial charge is 0.325 e. The number of carbonyl (C=O) groups excluding carboxylic acids is 3. The van der Waals surface area contributed by atoms with Crippen LogP contribution in [0.3, 0.4) is 0 Å². The molecule has 0 atom stereocenters. The minimum absolute atomic E-state index is 0.0309. The first-order valence-electron chi connectivity index (χ1n) is 9.96. The van der Waals surface area contributed by atoms with Crippen LogP contribution in [0.2, 0.25) is 0 Å². The standard InChI is InChI=1S/C6H13N3O2.2C4H7N3O.C3H9N3O2/c1-3-11-5(10)4-9(2)6(7)8;2*1-7-2-3(8)6-4(7)5;4-3(5)6-1-2(7)8/h3-4H2,1-2H3,(H3,7,8);2*2H2,1H3,(H2,5,6,8);3,6H,1,4-5H2,(H,7,8). The molecule has 2 amide bonds. The Morgan fingerprint density at radius 3 is 1.74 bits per heavy atom. The van der Waals surface area contributed by atoms with Crippen LogP contribution < -0.4 is 33.2 Å². The van der Waals surface area contributed by atoms with Gasteiger partial charge < -0.3 is 41.7 Å². The summed E-state index contributed by atoms with van der Waals surface area (Å²) in [6.45, 7) is 2.55. The van der Waals surface area contributed by atoms with Gasteiger partial charge in [-0.3, -0.25) is 51.4 Å². The second kappa shape index (κ2) is 17.4. The number of nitrogens with zero attached hydrogens (tertiary/aromatic N) is 3. The van der Waals surface area contributed by atoms with Gasteiger partial charge in [0.15, 0.2) is 17.9 Å². The summed E-state index contributed by atoms with van der Waals surface area (Å²) in [6.07, 6.45) is -0.744. The van der Waals surface area contributed by atoms with Gasteiger partial charge in [0, 0.05) is 21.1 Å². The first-order valence-corrected chi connectivity index (χ1v) is 9.96. The summed E-state index contributed by atoms with van der Waals surface area (Å²) in [4.78, 5) is 45.6. The zero-order valence-electron chi connectivity index (χ0n) is 20.2. The number of ether oxygens (including phenoxy) is 1. The van der Waals surface area contributed by atoms with Crippen LogP contribution in [0.4, 0.5) is 0 Å². The molecule has 0 spiro atoms. The molecule has 0 saturated carbocycles. The van der Waals surface area contributed by atoms with Crippen LogP contribution in [0.25, 0.3) is 0 Å². The molecule has 0 unspecified atom stereocenters. The number of nitrogens with two attached hydrogens (primary N) is 3. The third-order valence-electron chi connectivity index (χ3n) is 3.61. The van der Waals surface area contributed by atoms with Crippen LogP contribution in [0.15, 0.2) is 0 Å². The molecular formula is C17H36N12O6. The van der Waals surface area contributed by atoms with Crippen LogP contribution >= 0.6 is 0 Å². The number of carbonyl (C=O) groups is 4.